The van der Waals surface area contributed by atoms with Crippen molar-refractivity contribution in [2.24, 2.45) is 0 Å². The number of rotatable bonds is 12. The fraction of sp³-hybridized carbons (Fsp3) is 0.0667. The zero-order chi connectivity index (χ0) is 56.9. The van der Waals surface area contributed by atoms with Gasteiger partial charge in [-0.15, -0.1) is 0 Å². The molecular formula is C60H54N22O. The van der Waals surface area contributed by atoms with Gasteiger partial charge in [0.05, 0.1) is 22.1 Å². The topological polar surface area (TPSA) is 310 Å². The predicted octanol–water partition coefficient (Wildman–Crippen LogP) is 12.8. The summed E-state index contributed by atoms with van der Waals surface area (Å²) in [6.45, 7) is 7.80. The van der Waals surface area contributed by atoms with Gasteiger partial charge >= 0.3 is 0 Å². The van der Waals surface area contributed by atoms with E-state index in [0.29, 0.717) is 35.0 Å². The lowest BCUT2D eigenvalue weighted by atomic mass is 10.2. The van der Waals surface area contributed by atoms with Crippen LogP contribution in [0.1, 0.15) is 22.8 Å². The van der Waals surface area contributed by atoms with E-state index in [0.717, 1.165) is 101 Å². The number of anilines is 12. The van der Waals surface area contributed by atoms with E-state index >= 15 is 0 Å². The number of phenolic OH excluding ortho intramolecular Hbond substituents is 1. The van der Waals surface area contributed by atoms with Crippen molar-refractivity contribution in [2.75, 3.05) is 31.9 Å². The molecule has 0 saturated carbocycles. The molecule has 0 aliphatic rings. The summed E-state index contributed by atoms with van der Waals surface area (Å²) in [4.78, 5) is 35.2. The van der Waals surface area contributed by atoms with Crippen molar-refractivity contribution in [2.45, 2.75) is 27.7 Å². The summed E-state index contributed by atoms with van der Waals surface area (Å²) in [6.07, 6.45) is 3.09. The summed E-state index contributed by atoms with van der Waals surface area (Å²) in [5.74, 6) is 6.96. The number of aromatic amines is 4. The van der Waals surface area contributed by atoms with Crippen LogP contribution in [0.2, 0.25) is 0 Å². The number of aryl methyl sites for hydroxylation is 4. The molecule has 0 bridgehead atoms. The minimum Gasteiger partial charge on any atom is -0.508 e. The molecule has 0 atom stereocenters. The number of aromatic hydroxyl groups is 1. The Morgan fingerprint density at radius 1 is 0.313 bits per heavy atom. The molecule has 23 heteroatoms. The van der Waals surface area contributed by atoms with E-state index < -0.39 is 0 Å². The molecule has 0 aliphatic heterocycles. The van der Waals surface area contributed by atoms with Crippen LogP contribution in [0.5, 0.6) is 5.75 Å². The Bertz CT molecular complexity index is 4330. The van der Waals surface area contributed by atoms with Gasteiger partial charge in [0.25, 0.3) is 0 Å². The highest BCUT2D eigenvalue weighted by Crippen LogP contribution is 2.29. The molecule has 0 fully saturated rings. The molecular weight excluding hydrogens is 1040 g/mol. The smallest absolute Gasteiger partial charge is 0.229 e. The molecule has 8 aromatic heterocycles. The molecule has 14 aromatic rings. The zero-order valence-electron chi connectivity index (χ0n) is 45.2. The largest absolute Gasteiger partial charge is 0.508 e. The number of nitrogens with zero attached hydrogens (tertiary/aromatic N) is 12. The van der Waals surface area contributed by atoms with Crippen LogP contribution in [0, 0.1) is 27.7 Å². The Balaban J connectivity index is 0.000000118. The summed E-state index contributed by atoms with van der Waals surface area (Å²) < 4.78 is 0. The summed E-state index contributed by atoms with van der Waals surface area (Å²) in [7, 11) is 0. The van der Waals surface area contributed by atoms with Crippen molar-refractivity contribution in [1.82, 2.24) is 80.7 Å². The maximum absolute atomic E-state index is 9.61. The highest BCUT2D eigenvalue weighted by molar-refractivity contribution is 5.94. The SMILES string of the molecule is Cc1cc(Nc2nc(Nc3cccc(O)c3)nc3ccccc23)n[nH]1.Cc1cc(Nc2nc(Nc3ccccc3)nc3ccccc23)n[nH]1.Cc1cc(Nc2ncnc3ccccc23)n[nH]1.Cc1cc(Nc2ncnc3ccccc23)n[nH]1. The van der Waals surface area contributed by atoms with Crippen molar-refractivity contribution in [1.29, 1.82) is 0 Å². The van der Waals surface area contributed by atoms with Gasteiger partial charge in [-0.3, -0.25) is 20.4 Å². The fourth-order valence-electron chi connectivity index (χ4n) is 8.44. The second-order valence-corrected chi connectivity index (χ2v) is 18.7. The van der Waals surface area contributed by atoms with Crippen molar-refractivity contribution in [3.8, 4) is 5.75 Å². The number of fused-ring (bicyclic) bond motifs is 4. The molecule has 0 amide bonds. The van der Waals surface area contributed by atoms with E-state index in [9.17, 15) is 5.11 Å². The minimum atomic E-state index is 0.177. The Hall–Kier alpha value is -11.9. The van der Waals surface area contributed by atoms with Crippen LogP contribution in [0.25, 0.3) is 43.6 Å². The van der Waals surface area contributed by atoms with Gasteiger partial charge in [0.1, 0.15) is 41.7 Å². The molecule has 11 N–H and O–H groups in total. The Labute approximate surface area is 474 Å². The number of hydrogen-bond acceptors (Lipinski definition) is 19. The molecule has 14 rings (SSSR count). The molecule has 0 saturated heterocycles. The number of H-pyrrole nitrogens is 4. The van der Waals surface area contributed by atoms with Gasteiger partial charge in [-0.25, -0.2) is 29.9 Å². The van der Waals surface area contributed by atoms with Gasteiger partial charge in [0.2, 0.25) is 11.9 Å². The molecule has 6 aromatic carbocycles. The number of aromatic nitrogens is 16. The van der Waals surface area contributed by atoms with E-state index in [1.807, 2.05) is 185 Å². The minimum absolute atomic E-state index is 0.177. The Morgan fingerprint density at radius 3 is 1.06 bits per heavy atom. The third-order valence-electron chi connectivity index (χ3n) is 12.2. The van der Waals surface area contributed by atoms with Crippen LogP contribution in [-0.4, -0.2) is 85.8 Å². The van der Waals surface area contributed by atoms with Crippen molar-refractivity contribution < 1.29 is 5.11 Å². The number of hydrogen-bond donors (Lipinski definition) is 11. The van der Waals surface area contributed by atoms with E-state index in [-0.39, 0.29) is 5.75 Å². The standard InChI is InChI=1S/C18H16N6O.C18H16N6.2C12H11N5/c1-11-9-16(24-23-11)21-17-14-7-2-3-8-15(14)20-18(22-17)19-12-5-4-6-13(25)10-12;1-12-11-16(24-23-12)21-17-14-9-5-6-10-15(14)20-18(22-17)19-13-7-3-2-4-8-13;2*1-8-6-11(17-16-8)15-12-9-4-2-3-5-10(9)13-7-14-12/h2-10,25H,1H3,(H3,19,20,21,22,23,24);2-11H,1H3,(H3,19,20,21,22,23,24);2*2-7H,1H3,(H2,13,14,15,16,17). The molecule has 23 nitrogen and oxygen atoms in total. The van der Waals surface area contributed by atoms with Crippen LogP contribution in [-0.2, 0) is 0 Å². The van der Waals surface area contributed by atoms with Gasteiger partial charge in [-0.2, -0.15) is 30.4 Å². The molecule has 0 spiro atoms. The first-order chi connectivity index (χ1) is 40.6. The van der Waals surface area contributed by atoms with Crippen molar-refractivity contribution in [3.05, 3.63) is 211 Å². The van der Waals surface area contributed by atoms with Gasteiger partial charge in [-0.1, -0.05) is 72.8 Å². The van der Waals surface area contributed by atoms with E-state index in [4.69, 9.17) is 0 Å². The van der Waals surface area contributed by atoms with Gasteiger partial charge < -0.3 is 37.0 Å². The summed E-state index contributed by atoms with van der Waals surface area (Å²) in [6, 6.07) is 55.7. The van der Waals surface area contributed by atoms with Crippen molar-refractivity contribution in [3.63, 3.8) is 0 Å². The first-order valence-electron chi connectivity index (χ1n) is 26.1. The lowest BCUT2D eigenvalue weighted by molar-refractivity contribution is 0.475. The third kappa shape index (κ3) is 13.7. The summed E-state index contributed by atoms with van der Waals surface area (Å²) in [5.41, 5.74) is 9.09. The molecule has 0 radical (unpaired) electrons. The predicted molar refractivity (Wildman–Crippen MR) is 326 cm³/mol. The zero-order valence-corrected chi connectivity index (χ0v) is 45.2. The van der Waals surface area contributed by atoms with Crippen LogP contribution in [0.15, 0.2) is 189 Å². The number of benzene rings is 6. The lowest BCUT2D eigenvalue weighted by Crippen LogP contribution is -2.02. The van der Waals surface area contributed by atoms with E-state index in [1.165, 1.54) is 0 Å². The van der Waals surface area contributed by atoms with Gasteiger partial charge in [0.15, 0.2) is 23.3 Å². The normalized spacial score (nSPS) is 10.7. The van der Waals surface area contributed by atoms with Crippen molar-refractivity contribution >= 4 is 113 Å². The highest BCUT2D eigenvalue weighted by atomic mass is 16.3. The number of para-hydroxylation sites is 5. The maximum atomic E-state index is 9.61. The second kappa shape index (κ2) is 24.8. The molecule has 8 heterocycles. The maximum Gasteiger partial charge on any atom is 0.229 e. The number of phenols is 1. The second-order valence-electron chi connectivity index (χ2n) is 18.7. The first kappa shape index (κ1) is 53.1. The quantitative estimate of drug-likeness (QED) is 0.0541. The monoisotopic (exact) mass is 1100 g/mol. The van der Waals surface area contributed by atoms with Gasteiger partial charge in [-0.05, 0) is 100 Å². The molecule has 0 unspecified atom stereocenters. The third-order valence-corrected chi connectivity index (χ3v) is 12.2. The Kier molecular flexibility index (Phi) is 15.9. The fourth-order valence-corrected chi connectivity index (χ4v) is 8.44. The van der Waals surface area contributed by atoms with Crippen LogP contribution in [0.3, 0.4) is 0 Å². The number of nitrogens with one attached hydrogen (secondary N) is 10. The van der Waals surface area contributed by atoms with E-state index in [2.05, 4.69) is 113 Å². The average molecular weight is 1100 g/mol. The van der Waals surface area contributed by atoms with E-state index in [1.54, 1.807) is 30.9 Å². The first-order valence-corrected chi connectivity index (χ1v) is 26.1. The highest BCUT2D eigenvalue weighted by Gasteiger charge is 2.13. The molecule has 0 aliphatic carbocycles. The summed E-state index contributed by atoms with van der Waals surface area (Å²) >= 11 is 0. The average Bonchev–Trinajstić information content (AvgIpc) is 4.47. The lowest BCUT2D eigenvalue weighted by Gasteiger charge is -2.10. The summed E-state index contributed by atoms with van der Waals surface area (Å²) in [5, 5.41) is 60.8. The van der Waals surface area contributed by atoms with Crippen LogP contribution < -0.4 is 31.9 Å². The molecule has 410 valence electrons. The van der Waals surface area contributed by atoms with Gasteiger partial charge in [0, 0.05) is 86.0 Å². The molecule has 83 heavy (non-hydrogen) atoms. The van der Waals surface area contributed by atoms with Crippen LogP contribution in [0.4, 0.5) is 69.8 Å². The Morgan fingerprint density at radius 2 is 0.663 bits per heavy atom. The van der Waals surface area contributed by atoms with Crippen LogP contribution >= 0.6 is 0 Å².